The van der Waals surface area contributed by atoms with E-state index in [4.69, 9.17) is 25.3 Å². The molecule has 1 spiro atoms. The van der Waals surface area contributed by atoms with E-state index in [1.54, 1.807) is 6.20 Å². The monoisotopic (exact) mass is 457 g/mol. The van der Waals surface area contributed by atoms with Crippen LogP contribution in [0.25, 0.3) is 10.4 Å². The molecule has 1 aliphatic heterocycles. The number of halogens is 6. The summed E-state index contributed by atoms with van der Waals surface area (Å²) in [5.74, 6) is -5.51. The van der Waals surface area contributed by atoms with Crippen LogP contribution in [0, 0.1) is 5.41 Å². The van der Waals surface area contributed by atoms with E-state index >= 15 is 0 Å². The smallest absolute Gasteiger partial charge is 0.475 e. The standard InChI is InChI=1S/C12H15N5.2C2HF3O2/c13-17-16-11-10-9(2-1-5-15-10)8-12(11)3-6-14-7-4-12;2*3-2(4,5)1(6)7/h1-2,5,11,14H,3-4,6-8H2;2*(H,6,7). The average Bonchev–Trinajstić information content (AvgIpc) is 2.95. The first-order valence-corrected chi connectivity index (χ1v) is 8.53. The predicted molar refractivity (Wildman–Crippen MR) is 91.7 cm³/mol. The first-order chi connectivity index (χ1) is 14.2. The summed E-state index contributed by atoms with van der Waals surface area (Å²) in [5, 5.41) is 21.7. The van der Waals surface area contributed by atoms with Crippen molar-refractivity contribution in [2.45, 2.75) is 37.7 Å². The summed E-state index contributed by atoms with van der Waals surface area (Å²) in [6, 6.07) is 4.00. The molecule has 0 bridgehead atoms. The second-order valence-electron chi connectivity index (χ2n) is 6.55. The fourth-order valence-corrected chi connectivity index (χ4v) is 3.22. The second-order valence-corrected chi connectivity index (χ2v) is 6.55. The molecule has 1 aromatic rings. The molecule has 2 heterocycles. The number of hydrogen-bond acceptors (Lipinski definition) is 5. The Balaban J connectivity index is 0.000000288. The lowest BCUT2D eigenvalue weighted by Gasteiger charge is -2.37. The molecule has 0 amide bonds. The van der Waals surface area contributed by atoms with Gasteiger partial charge in [0.15, 0.2) is 0 Å². The van der Waals surface area contributed by atoms with Gasteiger partial charge < -0.3 is 15.5 Å². The Hall–Kier alpha value is -3.06. The van der Waals surface area contributed by atoms with Gasteiger partial charge in [-0.15, -0.1) is 0 Å². The van der Waals surface area contributed by atoms with Crippen LogP contribution in [0.5, 0.6) is 0 Å². The molecular weight excluding hydrogens is 440 g/mol. The van der Waals surface area contributed by atoms with Crippen LogP contribution in [0.15, 0.2) is 23.4 Å². The second kappa shape index (κ2) is 10.3. The van der Waals surface area contributed by atoms with E-state index in [0.717, 1.165) is 38.0 Å². The van der Waals surface area contributed by atoms with E-state index in [2.05, 4.69) is 26.4 Å². The Labute approximate surface area is 170 Å². The Morgan fingerprint density at radius 1 is 1.13 bits per heavy atom. The number of azide groups is 1. The Bertz CT molecular complexity index is 809. The Morgan fingerprint density at radius 2 is 1.61 bits per heavy atom. The number of rotatable bonds is 1. The zero-order valence-corrected chi connectivity index (χ0v) is 15.6. The molecule has 0 saturated carbocycles. The molecule has 1 unspecified atom stereocenters. The fourth-order valence-electron chi connectivity index (χ4n) is 3.22. The van der Waals surface area contributed by atoms with Crippen LogP contribution in [0.1, 0.15) is 30.1 Å². The lowest BCUT2D eigenvalue weighted by Crippen LogP contribution is -2.39. The van der Waals surface area contributed by atoms with Crippen molar-refractivity contribution in [3.05, 3.63) is 40.0 Å². The minimum Gasteiger partial charge on any atom is -0.475 e. The quantitative estimate of drug-likeness (QED) is 0.254. The number of aliphatic carboxylic acids is 2. The lowest BCUT2D eigenvalue weighted by molar-refractivity contribution is -0.193. The van der Waals surface area contributed by atoms with E-state index < -0.39 is 24.3 Å². The van der Waals surface area contributed by atoms with E-state index in [9.17, 15) is 26.3 Å². The molecule has 31 heavy (non-hydrogen) atoms. The van der Waals surface area contributed by atoms with E-state index in [1.807, 2.05) is 6.07 Å². The van der Waals surface area contributed by atoms with E-state index in [1.165, 1.54) is 5.56 Å². The summed E-state index contributed by atoms with van der Waals surface area (Å²) in [6.45, 7) is 2.01. The molecule has 1 atom stereocenters. The van der Waals surface area contributed by atoms with Crippen LogP contribution in [0.4, 0.5) is 26.3 Å². The van der Waals surface area contributed by atoms with Crippen molar-refractivity contribution in [3.63, 3.8) is 0 Å². The van der Waals surface area contributed by atoms with Gasteiger partial charge in [0.1, 0.15) is 0 Å². The molecule has 1 aromatic heterocycles. The molecule has 0 aromatic carbocycles. The Morgan fingerprint density at radius 3 is 2.03 bits per heavy atom. The van der Waals surface area contributed by atoms with E-state index in [-0.39, 0.29) is 11.5 Å². The van der Waals surface area contributed by atoms with Gasteiger partial charge in [0.25, 0.3) is 0 Å². The van der Waals surface area contributed by atoms with Crippen LogP contribution < -0.4 is 5.32 Å². The third-order valence-electron chi connectivity index (χ3n) is 4.56. The highest BCUT2D eigenvalue weighted by Gasteiger charge is 2.46. The molecule has 9 nitrogen and oxygen atoms in total. The predicted octanol–water partition coefficient (Wildman–Crippen LogP) is 3.63. The van der Waals surface area contributed by atoms with E-state index in [0.29, 0.717) is 0 Å². The van der Waals surface area contributed by atoms with Crippen LogP contribution in [-0.2, 0) is 16.0 Å². The van der Waals surface area contributed by atoms with Crippen LogP contribution in [0.3, 0.4) is 0 Å². The highest BCUT2D eigenvalue weighted by atomic mass is 19.4. The molecule has 0 radical (unpaired) electrons. The number of fused-ring (bicyclic) bond motifs is 1. The summed E-state index contributed by atoms with van der Waals surface area (Å²) < 4.78 is 63.5. The molecule has 1 saturated heterocycles. The first kappa shape index (κ1) is 26.0. The molecule has 15 heteroatoms. The van der Waals surface area contributed by atoms with Gasteiger partial charge in [0.2, 0.25) is 0 Å². The number of alkyl halides is 6. The number of nitrogens with zero attached hydrogens (tertiary/aromatic N) is 4. The number of nitrogens with one attached hydrogen (secondary N) is 1. The largest absolute Gasteiger partial charge is 0.490 e. The minimum absolute atomic E-state index is 0.0780. The molecule has 3 N–H and O–H groups in total. The van der Waals surface area contributed by atoms with Gasteiger partial charge in [0.05, 0.1) is 11.7 Å². The number of aromatic nitrogens is 1. The minimum atomic E-state index is -5.08. The van der Waals surface area contributed by atoms with Gasteiger partial charge in [-0.3, -0.25) is 4.98 Å². The number of hydrogen-bond donors (Lipinski definition) is 3. The topological polar surface area (TPSA) is 148 Å². The molecule has 1 fully saturated rings. The zero-order valence-electron chi connectivity index (χ0n) is 15.6. The molecule has 2 aliphatic rings. The van der Waals surface area contributed by atoms with Gasteiger partial charge in [0, 0.05) is 11.1 Å². The number of carbonyl (C=O) groups is 2. The number of piperidine rings is 1. The normalized spacial score (nSPS) is 19.0. The summed E-state index contributed by atoms with van der Waals surface area (Å²) in [7, 11) is 0. The third kappa shape index (κ3) is 7.29. The molecule has 3 rings (SSSR count). The van der Waals surface area contributed by atoms with Crippen molar-refractivity contribution in [2.24, 2.45) is 10.5 Å². The van der Waals surface area contributed by atoms with Crippen LogP contribution >= 0.6 is 0 Å². The maximum atomic E-state index is 10.6. The van der Waals surface area contributed by atoms with Crippen LogP contribution in [0.2, 0.25) is 0 Å². The third-order valence-corrected chi connectivity index (χ3v) is 4.56. The molecular formula is C16H17F6N5O4. The van der Waals surface area contributed by atoms with Gasteiger partial charge >= 0.3 is 24.3 Å². The number of carboxylic acid groups (broad SMARTS) is 2. The summed E-state index contributed by atoms with van der Waals surface area (Å²) >= 11 is 0. The highest BCUT2D eigenvalue weighted by molar-refractivity contribution is 5.73. The van der Waals surface area contributed by atoms with Crippen molar-refractivity contribution in [3.8, 4) is 0 Å². The van der Waals surface area contributed by atoms with Crippen molar-refractivity contribution in [2.75, 3.05) is 13.1 Å². The van der Waals surface area contributed by atoms with Crippen molar-refractivity contribution >= 4 is 11.9 Å². The average molecular weight is 457 g/mol. The summed E-state index contributed by atoms with van der Waals surface area (Å²) in [6.07, 6.45) is -5.25. The van der Waals surface area contributed by atoms with Crippen molar-refractivity contribution in [1.29, 1.82) is 0 Å². The van der Waals surface area contributed by atoms with Gasteiger partial charge in [-0.1, -0.05) is 11.2 Å². The SMILES string of the molecule is O=C(O)C(F)(F)F.O=C(O)C(F)(F)F.[N-]=[N+]=NC1c2ncccc2CC12CCNCC2. The summed E-state index contributed by atoms with van der Waals surface area (Å²) in [4.78, 5) is 25.2. The maximum Gasteiger partial charge on any atom is 0.490 e. The number of pyridine rings is 1. The fraction of sp³-hybridized carbons (Fsp3) is 0.562. The highest BCUT2D eigenvalue weighted by Crippen LogP contribution is 2.52. The van der Waals surface area contributed by atoms with Crippen molar-refractivity contribution < 1.29 is 46.1 Å². The first-order valence-electron chi connectivity index (χ1n) is 8.53. The number of carboxylic acids is 2. The van der Waals surface area contributed by atoms with Crippen LogP contribution in [-0.4, -0.2) is 52.6 Å². The van der Waals surface area contributed by atoms with Gasteiger partial charge in [-0.2, -0.15) is 26.3 Å². The zero-order chi connectivity index (χ0) is 23.9. The molecule has 172 valence electrons. The Kier molecular flexibility index (Phi) is 8.64. The van der Waals surface area contributed by atoms with Gasteiger partial charge in [-0.25, -0.2) is 9.59 Å². The van der Waals surface area contributed by atoms with Crippen molar-refractivity contribution in [1.82, 2.24) is 10.3 Å². The van der Waals surface area contributed by atoms with Gasteiger partial charge in [-0.05, 0) is 54.9 Å². The maximum absolute atomic E-state index is 10.6. The lowest BCUT2D eigenvalue weighted by atomic mass is 9.74. The summed E-state index contributed by atoms with van der Waals surface area (Å²) in [5.41, 5.74) is 11.1. The molecule has 1 aliphatic carbocycles.